The molecule has 1 aliphatic rings. The van der Waals surface area contributed by atoms with Crippen molar-refractivity contribution < 1.29 is 9.21 Å². The Morgan fingerprint density at radius 1 is 1.38 bits per heavy atom. The number of nitrogens with one attached hydrogen (secondary N) is 1. The molecule has 1 atom stereocenters. The van der Waals surface area contributed by atoms with Crippen molar-refractivity contribution in [3.63, 3.8) is 0 Å². The second kappa shape index (κ2) is 4.83. The number of hydrogen-bond acceptors (Lipinski definition) is 3. The van der Waals surface area contributed by atoms with Crippen LogP contribution < -0.4 is 5.32 Å². The summed E-state index contributed by atoms with van der Waals surface area (Å²) in [6, 6.07) is 4.28. The molecule has 0 amide bonds. The van der Waals surface area contributed by atoms with E-state index in [1.807, 2.05) is 26.1 Å². The molecular formula is C13H19NO2. The van der Waals surface area contributed by atoms with Crippen LogP contribution in [0.3, 0.4) is 0 Å². The molecule has 1 heterocycles. The monoisotopic (exact) mass is 221 g/mol. The van der Waals surface area contributed by atoms with Gasteiger partial charge >= 0.3 is 0 Å². The van der Waals surface area contributed by atoms with E-state index in [1.165, 1.54) is 0 Å². The molecule has 2 rings (SSSR count). The van der Waals surface area contributed by atoms with Crippen LogP contribution in [0.1, 0.15) is 43.2 Å². The van der Waals surface area contributed by atoms with Crippen LogP contribution in [-0.4, -0.2) is 12.8 Å². The summed E-state index contributed by atoms with van der Waals surface area (Å²) in [4.78, 5) is 11.2. The molecule has 0 aromatic carbocycles. The van der Waals surface area contributed by atoms with Gasteiger partial charge in [-0.2, -0.15) is 0 Å². The third-order valence-electron chi connectivity index (χ3n) is 3.44. The highest BCUT2D eigenvalue weighted by Crippen LogP contribution is 2.33. The lowest BCUT2D eigenvalue weighted by molar-refractivity contribution is -0.121. The van der Waals surface area contributed by atoms with Gasteiger partial charge in [0.1, 0.15) is 17.3 Å². The summed E-state index contributed by atoms with van der Waals surface area (Å²) in [5.74, 6) is 2.87. The minimum Gasteiger partial charge on any atom is -0.465 e. The Balaban J connectivity index is 2.07. The first-order valence-corrected chi connectivity index (χ1v) is 5.96. The normalized spacial score (nSPS) is 20.0. The predicted octanol–water partition coefficient (Wildman–Crippen LogP) is 2.61. The molecule has 0 radical (unpaired) electrons. The van der Waals surface area contributed by atoms with Gasteiger partial charge in [-0.15, -0.1) is 0 Å². The van der Waals surface area contributed by atoms with Crippen LogP contribution in [0.25, 0.3) is 0 Å². The van der Waals surface area contributed by atoms with Crippen molar-refractivity contribution in [2.24, 2.45) is 5.92 Å². The van der Waals surface area contributed by atoms with Gasteiger partial charge in [0.05, 0.1) is 6.04 Å². The Bertz CT molecular complexity index is 360. The van der Waals surface area contributed by atoms with Crippen molar-refractivity contribution in [1.29, 1.82) is 0 Å². The maximum absolute atomic E-state index is 11.2. The highest BCUT2D eigenvalue weighted by Gasteiger charge is 2.28. The van der Waals surface area contributed by atoms with E-state index in [0.29, 0.717) is 11.7 Å². The lowest BCUT2D eigenvalue weighted by Crippen LogP contribution is -2.28. The van der Waals surface area contributed by atoms with Crippen LogP contribution in [0.2, 0.25) is 0 Å². The standard InChI is InChI=1S/C13H19NO2/c1-9-3-8-12(16-9)13(14-2)10-4-6-11(15)7-5-10/h3,8,10,13-14H,4-7H2,1-2H3. The maximum Gasteiger partial charge on any atom is 0.132 e. The lowest BCUT2D eigenvalue weighted by Gasteiger charge is -2.28. The summed E-state index contributed by atoms with van der Waals surface area (Å²) in [6.07, 6.45) is 3.40. The van der Waals surface area contributed by atoms with Gasteiger partial charge in [0.25, 0.3) is 0 Å². The summed E-state index contributed by atoms with van der Waals surface area (Å²) in [6.45, 7) is 1.96. The van der Waals surface area contributed by atoms with Crippen molar-refractivity contribution in [3.8, 4) is 0 Å². The summed E-state index contributed by atoms with van der Waals surface area (Å²) in [5, 5.41) is 3.31. The first-order chi connectivity index (χ1) is 7.70. The molecule has 1 fully saturated rings. The molecule has 0 bridgehead atoms. The summed E-state index contributed by atoms with van der Waals surface area (Å²) < 4.78 is 5.67. The van der Waals surface area contributed by atoms with Crippen LogP contribution in [-0.2, 0) is 4.79 Å². The number of rotatable bonds is 3. The zero-order valence-corrected chi connectivity index (χ0v) is 9.95. The molecule has 1 aromatic heterocycles. The molecule has 16 heavy (non-hydrogen) atoms. The van der Waals surface area contributed by atoms with E-state index in [2.05, 4.69) is 5.32 Å². The molecule has 1 N–H and O–H groups in total. The average molecular weight is 221 g/mol. The zero-order valence-electron chi connectivity index (χ0n) is 9.95. The molecule has 1 unspecified atom stereocenters. The molecule has 3 heteroatoms. The number of carbonyl (C=O) groups excluding carboxylic acids is 1. The second-order valence-corrected chi connectivity index (χ2v) is 4.59. The molecule has 1 aliphatic carbocycles. The predicted molar refractivity (Wildman–Crippen MR) is 62.2 cm³/mol. The van der Waals surface area contributed by atoms with E-state index in [0.717, 1.165) is 37.2 Å². The Morgan fingerprint density at radius 3 is 2.56 bits per heavy atom. The van der Waals surface area contributed by atoms with Gasteiger partial charge < -0.3 is 9.73 Å². The number of ketones is 1. The van der Waals surface area contributed by atoms with Crippen LogP contribution >= 0.6 is 0 Å². The van der Waals surface area contributed by atoms with Crippen molar-refractivity contribution >= 4 is 5.78 Å². The van der Waals surface area contributed by atoms with Crippen molar-refractivity contribution in [1.82, 2.24) is 5.32 Å². The average Bonchev–Trinajstić information content (AvgIpc) is 2.69. The largest absolute Gasteiger partial charge is 0.465 e. The van der Waals surface area contributed by atoms with E-state index in [1.54, 1.807) is 0 Å². The Labute approximate surface area is 96.2 Å². The van der Waals surface area contributed by atoms with Gasteiger partial charge in [0.2, 0.25) is 0 Å². The third-order valence-corrected chi connectivity index (χ3v) is 3.44. The fourth-order valence-corrected chi connectivity index (χ4v) is 2.53. The van der Waals surface area contributed by atoms with Gasteiger partial charge in [-0.25, -0.2) is 0 Å². The third kappa shape index (κ3) is 2.35. The van der Waals surface area contributed by atoms with Crippen LogP contribution in [0, 0.1) is 12.8 Å². The zero-order chi connectivity index (χ0) is 11.5. The fraction of sp³-hybridized carbons (Fsp3) is 0.615. The summed E-state index contributed by atoms with van der Waals surface area (Å²) in [7, 11) is 1.96. The minimum atomic E-state index is 0.252. The van der Waals surface area contributed by atoms with Gasteiger partial charge in [-0.3, -0.25) is 4.79 Å². The second-order valence-electron chi connectivity index (χ2n) is 4.59. The number of Topliss-reactive ketones (excluding diaryl/α,β-unsaturated/α-hetero) is 1. The number of furan rings is 1. The summed E-state index contributed by atoms with van der Waals surface area (Å²) >= 11 is 0. The molecule has 88 valence electrons. The summed E-state index contributed by atoms with van der Waals surface area (Å²) in [5.41, 5.74) is 0. The van der Waals surface area contributed by atoms with E-state index in [9.17, 15) is 4.79 Å². The van der Waals surface area contributed by atoms with Gasteiger partial charge in [0.15, 0.2) is 0 Å². The Morgan fingerprint density at radius 2 is 2.06 bits per heavy atom. The van der Waals surface area contributed by atoms with Crippen molar-refractivity contribution in [2.75, 3.05) is 7.05 Å². The first kappa shape index (κ1) is 11.4. The molecule has 0 spiro atoms. The molecule has 1 saturated carbocycles. The van der Waals surface area contributed by atoms with Crippen molar-refractivity contribution in [2.45, 2.75) is 38.6 Å². The van der Waals surface area contributed by atoms with E-state index >= 15 is 0 Å². The number of aryl methyl sites for hydroxylation is 1. The van der Waals surface area contributed by atoms with Crippen LogP contribution in [0.5, 0.6) is 0 Å². The van der Waals surface area contributed by atoms with Crippen LogP contribution in [0.15, 0.2) is 16.5 Å². The molecule has 0 aliphatic heterocycles. The minimum absolute atomic E-state index is 0.252. The smallest absolute Gasteiger partial charge is 0.132 e. The molecular weight excluding hydrogens is 202 g/mol. The molecule has 3 nitrogen and oxygen atoms in total. The van der Waals surface area contributed by atoms with Gasteiger partial charge in [0, 0.05) is 12.8 Å². The fourth-order valence-electron chi connectivity index (χ4n) is 2.53. The molecule has 0 saturated heterocycles. The highest BCUT2D eigenvalue weighted by molar-refractivity contribution is 5.79. The maximum atomic E-state index is 11.2. The Hall–Kier alpha value is -1.09. The first-order valence-electron chi connectivity index (χ1n) is 5.96. The lowest BCUT2D eigenvalue weighted by atomic mass is 9.82. The highest BCUT2D eigenvalue weighted by atomic mass is 16.3. The van der Waals surface area contributed by atoms with Gasteiger partial charge in [-0.1, -0.05) is 0 Å². The van der Waals surface area contributed by atoms with E-state index in [4.69, 9.17) is 4.42 Å². The topological polar surface area (TPSA) is 42.2 Å². The van der Waals surface area contributed by atoms with Crippen molar-refractivity contribution in [3.05, 3.63) is 23.7 Å². The molecule has 1 aromatic rings. The quantitative estimate of drug-likeness (QED) is 0.853. The van der Waals surface area contributed by atoms with E-state index in [-0.39, 0.29) is 6.04 Å². The Kier molecular flexibility index (Phi) is 3.44. The van der Waals surface area contributed by atoms with E-state index < -0.39 is 0 Å². The van der Waals surface area contributed by atoms with Crippen LogP contribution in [0.4, 0.5) is 0 Å². The SMILES string of the molecule is CNC(c1ccc(C)o1)C1CCC(=O)CC1. The number of carbonyl (C=O) groups is 1. The van der Waals surface area contributed by atoms with Gasteiger partial charge in [-0.05, 0) is 44.9 Å². The number of hydrogen-bond donors (Lipinski definition) is 1.